The number of pyridine rings is 2. The van der Waals surface area contributed by atoms with Gasteiger partial charge in [0.25, 0.3) is 0 Å². The molecule has 1 radical (unpaired) electrons. The monoisotopic (exact) mass is 939 g/mol. The minimum absolute atomic E-state index is 0. The third-order valence-electron chi connectivity index (χ3n) is 10.6. The molecule has 1 aliphatic carbocycles. The van der Waals surface area contributed by atoms with Crippen LogP contribution in [0, 0.1) is 24.9 Å². The second kappa shape index (κ2) is 17.1. The third kappa shape index (κ3) is 9.34. The first-order valence-corrected chi connectivity index (χ1v) is 23.0. The van der Waals surface area contributed by atoms with E-state index < -0.39 is 27.2 Å². The van der Waals surface area contributed by atoms with Crippen LogP contribution in [0.2, 0.25) is 19.6 Å². The van der Waals surface area contributed by atoms with E-state index in [9.17, 15) is 0 Å². The predicted molar refractivity (Wildman–Crippen MR) is 236 cm³/mol. The maximum Gasteiger partial charge on any atom is 0.120 e. The summed E-state index contributed by atoms with van der Waals surface area (Å²) < 4.78 is 56.2. The van der Waals surface area contributed by atoms with Crippen molar-refractivity contribution in [2.45, 2.75) is 104 Å². The van der Waals surface area contributed by atoms with Gasteiger partial charge in [-0.1, -0.05) is 139 Å². The van der Waals surface area contributed by atoms with Crippen LogP contribution in [0.5, 0.6) is 0 Å². The standard InChI is InChI=1S/C27H22NO.C24H34NSi.Ir/c1-17(2)20-9-11-26-23(13-20)24-14-21(10-12-27(24)29-26)25-15-22(18(3)16-28-25)19-7-5-4-6-8-19;1-24(2,3)21-13-11-19(12-14-21)22-16-20(15-18-9-7-8-10-18)23(17-25-22)26(4,5)6;/h4-9,11-17H,1-3H3;11,13-14,16-18H,7-10,15H2,1-6H3;/q2*-1;/i3D3,17D;15D2;. The fraction of sp³-hybridized carbons (Fsp3) is 0.333. The van der Waals surface area contributed by atoms with Gasteiger partial charge < -0.3 is 14.4 Å². The number of aromatic nitrogens is 2. The van der Waals surface area contributed by atoms with Crippen LogP contribution in [0.15, 0.2) is 108 Å². The maximum absolute atomic E-state index is 9.01. The molecule has 1 saturated carbocycles. The Morgan fingerprint density at radius 2 is 1.54 bits per heavy atom. The molecule has 7 aromatic rings. The van der Waals surface area contributed by atoms with Crippen molar-refractivity contribution >= 4 is 35.2 Å². The van der Waals surface area contributed by atoms with Gasteiger partial charge in [0.05, 0.1) is 13.7 Å². The molecule has 0 N–H and O–H groups in total. The Hall–Kier alpha value is -4.15. The van der Waals surface area contributed by atoms with Crippen molar-refractivity contribution in [3.8, 4) is 33.6 Å². The molecule has 291 valence electrons. The normalized spacial score (nSPS) is 15.8. The number of hydrogen-bond donors (Lipinski definition) is 0. The van der Waals surface area contributed by atoms with Crippen LogP contribution in [0.25, 0.3) is 55.6 Å². The predicted octanol–water partition coefficient (Wildman–Crippen LogP) is 13.7. The summed E-state index contributed by atoms with van der Waals surface area (Å²) in [6, 6.07) is 35.8. The molecule has 5 heteroatoms. The van der Waals surface area contributed by atoms with Gasteiger partial charge in [-0.15, -0.1) is 59.2 Å². The van der Waals surface area contributed by atoms with Crippen molar-refractivity contribution < 1.29 is 32.7 Å². The van der Waals surface area contributed by atoms with Gasteiger partial charge in [-0.2, -0.15) is 0 Å². The van der Waals surface area contributed by atoms with Crippen LogP contribution in [-0.2, 0) is 31.9 Å². The molecule has 0 atom stereocenters. The Morgan fingerprint density at radius 3 is 2.20 bits per heavy atom. The zero-order valence-electron chi connectivity index (χ0n) is 39.9. The van der Waals surface area contributed by atoms with Gasteiger partial charge in [0.2, 0.25) is 0 Å². The molecule has 8 rings (SSSR count). The Labute approximate surface area is 358 Å². The molecule has 0 bridgehead atoms. The first kappa shape index (κ1) is 33.9. The van der Waals surface area contributed by atoms with E-state index in [1.54, 1.807) is 6.07 Å². The van der Waals surface area contributed by atoms with E-state index in [0.717, 1.165) is 80.7 Å². The smallest absolute Gasteiger partial charge is 0.120 e. The SMILES string of the molecule is [2H]C([2H])([2H])c1cnc(-c2[c-]cc3oc4ccc(C([2H])(C)C)cc4c3c2)cc1-c1ccccc1.[2H]C([2H])(c1cc(-c2[c-]cc(C(C)(C)C)cc2)ncc1[Si](C)(C)C)C1CCCC1.[Ir]. The first-order chi connectivity index (χ1) is 28.5. The van der Waals surface area contributed by atoms with Crippen LogP contribution in [0.4, 0.5) is 0 Å². The molecule has 1 fully saturated rings. The summed E-state index contributed by atoms with van der Waals surface area (Å²) in [4.78, 5) is 9.22. The van der Waals surface area contributed by atoms with Crippen molar-refractivity contribution in [1.82, 2.24) is 9.97 Å². The molecular formula is C51H56IrN2OSi-2. The van der Waals surface area contributed by atoms with Gasteiger partial charge >= 0.3 is 0 Å². The van der Waals surface area contributed by atoms with Gasteiger partial charge in [-0.25, -0.2) is 0 Å². The van der Waals surface area contributed by atoms with E-state index >= 15 is 0 Å². The molecule has 1 aliphatic rings. The molecular weight excluding hydrogens is 877 g/mol. The summed E-state index contributed by atoms with van der Waals surface area (Å²) in [5, 5.41) is 2.99. The Bertz CT molecular complexity index is 2670. The number of fused-ring (bicyclic) bond motifs is 3. The minimum atomic E-state index is -2.27. The Balaban J connectivity index is 0.000000207. The average molecular weight is 939 g/mol. The Kier molecular flexibility index (Phi) is 10.4. The molecule has 3 heterocycles. The van der Waals surface area contributed by atoms with Gasteiger partial charge in [0.1, 0.15) is 5.58 Å². The van der Waals surface area contributed by atoms with Crippen LogP contribution in [0.3, 0.4) is 0 Å². The maximum atomic E-state index is 9.01. The van der Waals surface area contributed by atoms with Gasteiger partial charge in [0, 0.05) is 46.1 Å². The molecule has 0 aliphatic heterocycles. The van der Waals surface area contributed by atoms with E-state index in [1.165, 1.54) is 11.8 Å². The van der Waals surface area contributed by atoms with Crippen molar-refractivity contribution in [2.24, 2.45) is 5.92 Å². The summed E-state index contributed by atoms with van der Waals surface area (Å²) in [6.45, 7) is 14.9. The quantitative estimate of drug-likeness (QED) is 0.118. The molecule has 3 nitrogen and oxygen atoms in total. The Morgan fingerprint density at radius 1 is 0.839 bits per heavy atom. The number of benzene rings is 4. The van der Waals surface area contributed by atoms with Crippen LogP contribution in [0.1, 0.15) is 96.7 Å². The second-order valence-electron chi connectivity index (χ2n) is 17.2. The van der Waals surface area contributed by atoms with E-state index in [4.69, 9.17) is 17.6 Å². The second-order valence-corrected chi connectivity index (χ2v) is 22.2. The molecule has 3 aromatic heterocycles. The van der Waals surface area contributed by atoms with Gasteiger partial charge in [-0.3, -0.25) is 0 Å². The minimum Gasteiger partial charge on any atom is -0.500 e. The zero-order chi connectivity index (χ0) is 44.1. The van der Waals surface area contributed by atoms with E-state index in [2.05, 4.69) is 75.7 Å². The number of nitrogens with zero attached hydrogens (tertiary/aromatic N) is 2. The summed E-state index contributed by atoms with van der Waals surface area (Å²) in [6.07, 6.45) is 6.37. The average Bonchev–Trinajstić information content (AvgIpc) is 3.89. The van der Waals surface area contributed by atoms with E-state index in [1.807, 2.05) is 86.8 Å². The fourth-order valence-corrected chi connectivity index (χ4v) is 8.70. The third-order valence-corrected chi connectivity index (χ3v) is 12.6. The largest absolute Gasteiger partial charge is 0.500 e. The van der Waals surface area contributed by atoms with Crippen LogP contribution in [-0.4, -0.2) is 18.0 Å². The van der Waals surface area contributed by atoms with Gasteiger partial charge in [-0.05, 0) is 81.4 Å². The zero-order valence-corrected chi connectivity index (χ0v) is 37.3. The molecule has 56 heavy (non-hydrogen) atoms. The summed E-state index contributed by atoms with van der Waals surface area (Å²) in [7, 11) is -1.71. The van der Waals surface area contributed by atoms with Crippen LogP contribution >= 0.6 is 0 Å². The first-order valence-electron chi connectivity index (χ1n) is 22.5. The fourth-order valence-electron chi connectivity index (χ4n) is 7.30. The molecule has 0 amide bonds. The summed E-state index contributed by atoms with van der Waals surface area (Å²) in [5.41, 5.74) is 9.39. The summed E-state index contributed by atoms with van der Waals surface area (Å²) >= 11 is 0. The summed E-state index contributed by atoms with van der Waals surface area (Å²) in [5.74, 6) is -0.608. The molecule has 0 spiro atoms. The van der Waals surface area contributed by atoms with Crippen LogP contribution < -0.4 is 5.19 Å². The van der Waals surface area contributed by atoms with E-state index in [0.29, 0.717) is 16.8 Å². The van der Waals surface area contributed by atoms with Crippen molar-refractivity contribution in [2.75, 3.05) is 0 Å². The molecule has 0 saturated heterocycles. The van der Waals surface area contributed by atoms with Crippen molar-refractivity contribution in [1.29, 1.82) is 0 Å². The van der Waals surface area contributed by atoms with E-state index in [-0.39, 0.29) is 37.0 Å². The number of hydrogen-bond acceptors (Lipinski definition) is 3. The van der Waals surface area contributed by atoms with Crippen molar-refractivity contribution in [3.05, 3.63) is 138 Å². The number of aryl methyl sites for hydroxylation is 1. The number of furan rings is 1. The molecule has 4 aromatic carbocycles. The topological polar surface area (TPSA) is 38.9 Å². The molecule has 0 unspecified atom stereocenters. The van der Waals surface area contributed by atoms with Crippen molar-refractivity contribution in [3.63, 3.8) is 0 Å². The number of rotatable bonds is 7. The van der Waals surface area contributed by atoms with Gasteiger partial charge in [0.15, 0.2) is 0 Å².